The zero-order chi connectivity index (χ0) is 26.0. The molecule has 0 bridgehead atoms. The van der Waals surface area contributed by atoms with Gasteiger partial charge in [-0.15, -0.1) is 0 Å². The molecule has 3 aromatic rings. The minimum absolute atomic E-state index is 0.00475. The van der Waals surface area contributed by atoms with E-state index in [-0.39, 0.29) is 19.2 Å². The lowest BCUT2D eigenvalue weighted by atomic mass is 10.1. The molecule has 0 spiro atoms. The second kappa shape index (κ2) is 9.80. The zero-order valence-electron chi connectivity index (χ0n) is 18.8. The number of nitrogens with zero attached hydrogens (tertiary/aromatic N) is 4. The van der Waals surface area contributed by atoms with Gasteiger partial charge in [-0.2, -0.15) is 31.4 Å². The van der Waals surface area contributed by atoms with Gasteiger partial charge in [-0.05, 0) is 45.0 Å². The molecule has 8 nitrogen and oxygen atoms in total. The largest absolute Gasteiger partial charge is 0.416 e. The summed E-state index contributed by atoms with van der Waals surface area (Å²) in [7, 11) is 0. The highest BCUT2D eigenvalue weighted by Gasteiger charge is 2.37. The molecule has 0 aliphatic carbocycles. The molecule has 0 unspecified atom stereocenters. The van der Waals surface area contributed by atoms with E-state index in [1.165, 1.54) is 0 Å². The monoisotopic (exact) mass is 501 g/mol. The number of carbonyl (C=O) groups excluding carboxylic acids is 1. The maximum Gasteiger partial charge on any atom is 0.416 e. The number of benzene rings is 1. The van der Waals surface area contributed by atoms with E-state index in [0.717, 1.165) is 11.4 Å². The summed E-state index contributed by atoms with van der Waals surface area (Å²) in [5.74, 6) is 1.43. The minimum atomic E-state index is -5.01. The van der Waals surface area contributed by atoms with Crippen LogP contribution in [0.15, 0.2) is 30.3 Å². The minimum Gasteiger partial charge on any atom is -0.368 e. The molecule has 0 saturated carbocycles. The van der Waals surface area contributed by atoms with Gasteiger partial charge >= 0.3 is 18.4 Å². The lowest BCUT2D eigenvalue weighted by Gasteiger charge is -2.15. The fraction of sp³-hybridized carbons (Fsp3) is 0.333. The number of halogens is 6. The van der Waals surface area contributed by atoms with E-state index in [1.54, 1.807) is 17.7 Å². The molecule has 2 amide bonds. The molecule has 0 aliphatic heterocycles. The van der Waals surface area contributed by atoms with Crippen LogP contribution in [0, 0.1) is 20.8 Å². The molecule has 0 saturated heterocycles. The Labute approximate surface area is 195 Å². The third-order valence-corrected chi connectivity index (χ3v) is 4.61. The lowest BCUT2D eigenvalue weighted by Crippen LogP contribution is -2.33. The molecular weight excluding hydrogens is 480 g/mol. The number of hydrogen-bond donors (Lipinski definition) is 3. The molecule has 14 heteroatoms. The fourth-order valence-electron chi connectivity index (χ4n) is 3.18. The van der Waals surface area contributed by atoms with E-state index >= 15 is 0 Å². The predicted molar refractivity (Wildman–Crippen MR) is 115 cm³/mol. The SMILES string of the molecule is Cc1cc(C)n(-c2cc(NCCNC(=O)Nc3cc(C(F)(F)F)cc(C(F)(F)F)c3)nc(C)n2)n1. The Hall–Kier alpha value is -3.84. The van der Waals surface area contributed by atoms with Crippen LogP contribution < -0.4 is 16.0 Å². The van der Waals surface area contributed by atoms with Crippen LogP contribution in [0.2, 0.25) is 0 Å². The molecule has 3 N–H and O–H groups in total. The van der Waals surface area contributed by atoms with Crippen LogP contribution in [0.25, 0.3) is 5.82 Å². The smallest absolute Gasteiger partial charge is 0.368 e. The first-order valence-electron chi connectivity index (χ1n) is 10.2. The number of aromatic nitrogens is 4. The summed E-state index contributed by atoms with van der Waals surface area (Å²) in [5.41, 5.74) is -2.01. The summed E-state index contributed by atoms with van der Waals surface area (Å²) in [4.78, 5) is 20.6. The topological polar surface area (TPSA) is 96.8 Å². The van der Waals surface area contributed by atoms with E-state index in [0.29, 0.717) is 29.6 Å². The molecule has 0 aliphatic rings. The molecule has 35 heavy (non-hydrogen) atoms. The maximum atomic E-state index is 13.0. The molecule has 0 radical (unpaired) electrons. The van der Waals surface area contributed by atoms with Gasteiger partial charge in [0.25, 0.3) is 0 Å². The van der Waals surface area contributed by atoms with Crippen molar-refractivity contribution in [3.05, 3.63) is 58.7 Å². The Morgan fingerprint density at radius 1 is 0.886 bits per heavy atom. The van der Waals surface area contributed by atoms with Gasteiger partial charge in [0, 0.05) is 30.5 Å². The second-order valence-electron chi connectivity index (χ2n) is 7.60. The number of amides is 2. The molecule has 2 aromatic heterocycles. The highest BCUT2D eigenvalue weighted by molar-refractivity contribution is 5.89. The number of aryl methyl sites for hydroxylation is 3. The summed E-state index contributed by atoms with van der Waals surface area (Å²) in [5, 5.41) is 11.7. The first kappa shape index (κ1) is 25.8. The second-order valence-corrected chi connectivity index (χ2v) is 7.60. The molecule has 1 aromatic carbocycles. The summed E-state index contributed by atoms with van der Waals surface area (Å²) >= 11 is 0. The van der Waals surface area contributed by atoms with Crippen LogP contribution in [0.1, 0.15) is 28.3 Å². The Kier molecular flexibility index (Phi) is 7.22. The standard InChI is InChI=1S/C21H21F6N7O/c1-11-6-12(2)34(33-11)18-10-17(30-13(3)31-18)28-4-5-29-19(35)32-16-8-14(20(22,23)24)7-15(9-16)21(25,26)27/h6-10H,4-5H2,1-3H3,(H,28,30,31)(H2,29,32,35). The van der Waals surface area contributed by atoms with Crippen LogP contribution in [0.5, 0.6) is 0 Å². The Bertz CT molecular complexity index is 1190. The number of hydrogen-bond acceptors (Lipinski definition) is 5. The normalized spacial score (nSPS) is 11.9. The third kappa shape index (κ3) is 6.83. The molecule has 188 valence electrons. The molecule has 0 atom stereocenters. The first-order valence-corrected chi connectivity index (χ1v) is 10.2. The van der Waals surface area contributed by atoms with Crippen LogP contribution in [-0.4, -0.2) is 38.9 Å². The number of carbonyl (C=O) groups is 1. The van der Waals surface area contributed by atoms with E-state index in [4.69, 9.17) is 0 Å². The predicted octanol–water partition coefficient (Wildman–Crippen LogP) is 4.86. The molecule has 3 rings (SSSR count). The maximum absolute atomic E-state index is 13.0. The summed E-state index contributed by atoms with van der Waals surface area (Å²) in [6.45, 7) is 5.56. The van der Waals surface area contributed by atoms with Gasteiger partial charge in [0.05, 0.1) is 16.8 Å². The Balaban J connectivity index is 1.60. The van der Waals surface area contributed by atoms with Crippen molar-refractivity contribution in [3.63, 3.8) is 0 Å². The van der Waals surface area contributed by atoms with Crippen molar-refractivity contribution in [1.82, 2.24) is 25.1 Å². The molecule has 2 heterocycles. The van der Waals surface area contributed by atoms with E-state index in [2.05, 4.69) is 25.7 Å². The van der Waals surface area contributed by atoms with Gasteiger partial charge in [-0.25, -0.2) is 19.4 Å². The fourth-order valence-corrected chi connectivity index (χ4v) is 3.18. The van der Waals surface area contributed by atoms with Gasteiger partial charge < -0.3 is 16.0 Å². The van der Waals surface area contributed by atoms with E-state index in [1.807, 2.05) is 25.2 Å². The van der Waals surface area contributed by atoms with Crippen molar-refractivity contribution in [2.75, 3.05) is 23.7 Å². The number of rotatable bonds is 6. The van der Waals surface area contributed by atoms with Crippen LogP contribution >= 0.6 is 0 Å². The highest BCUT2D eigenvalue weighted by atomic mass is 19.4. The average Bonchev–Trinajstić information content (AvgIpc) is 3.07. The Morgan fingerprint density at radius 3 is 2.06 bits per heavy atom. The van der Waals surface area contributed by atoms with E-state index < -0.39 is 35.2 Å². The van der Waals surface area contributed by atoms with Crippen molar-refractivity contribution in [3.8, 4) is 5.82 Å². The van der Waals surface area contributed by atoms with E-state index in [9.17, 15) is 31.1 Å². The summed E-state index contributed by atoms with van der Waals surface area (Å²) in [6.07, 6.45) is -10.0. The highest BCUT2D eigenvalue weighted by Crippen LogP contribution is 2.37. The lowest BCUT2D eigenvalue weighted by molar-refractivity contribution is -0.143. The van der Waals surface area contributed by atoms with Gasteiger partial charge in [0.2, 0.25) is 0 Å². The molecular formula is C21H21F6N7O. The number of urea groups is 1. The van der Waals surface area contributed by atoms with Gasteiger partial charge in [-0.3, -0.25) is 0 Å². The third-order valence-electron chi connectivity index (χ3n) is 4.61. The van der Waals surface area contributed by atoms with Crippen molar-refractivity contribution in [2.24, 2.45) is 0 Å². The molecule has 0 fully saturated rings. The Morgan fingerprint density at radius 2 is 1.51 bits per heavy atom. The van der Waals surface area contributed by atoms with Gasteiger partial charge in [0.15, 0.2) is 5.82 Å². The van der Waals surface area contributed by atoms with Crippen molar-refractivity contribution < 1.29 is 31.1 Å². The first-order chi connectivity index (χ1) is 16.2. The van der Waals surface area contributed by atoms with Crippen LogP contribution in [-0.2, 0) is 12.4 Å². The van der Waals surface area contributed by atoms with Crippen LogP contribution in [0.3, 0.4) is 0 Å². The zero-order valence-corrected chi connectivity index (χ0v) is 18.8. The van der Waals surface area contributed by atoms with Crippen molar-refractivity contribution >= 4 is 17.5 Å². The summed E-state index contributed by atoms with van der Waals surface area (Å²) < 4.78 is 79.4. The van der Waals surface area contributed by atoms with Crippen molar-refractivity contribution in [1.29, 1.82) is 0 Å². The summed E-state index contributed by atoms with van der Waals surface area (Å²) in [6, 6.07) is 3.40. The number of anilines is 2. The van der Waals surface area contributed by atoms with Gasteiger partial charge in [-0.1, -0.05) is 0 Å². The number of alkyl halides is 6. The number of nitrogens with one attached hydrogen (secondary N) is 3. The van der Waals surface area contributed by atoms with Crippen LogP contribution in [0.4, 0.5) is 42.6 Å². The van der Waals surface area contributed by atoms with Crippen molar-refractivity contribution in [2.45, 2.75) is 33.1 Å². The average molecular weight is 501 g/mol. The van der Waals surface area contributed by atoms with Gasteiger partial charge in [0.1, 0.15) is 11.6 Å². The quantitative estimate of drug-likeness (QED) is 0.331.